The number of anilines is 1. The van der Waals surface area contributed by atoms with Crippen LogP contribution >= 0.6 is 23.1 Å². The second kappa shape index (κ2) is 6.98. The molecule has 0 saturated heterocycles. The summed E-state index contributed by atoms with van der Waals surface area (Å²) in [5.41, 5.74) is 5.89. The predicted molar refractivity (Wildman–Crippen MR) is 85.5 cm³/mol. The molecule has 0 amide bonds. The quantitative estimate of drug-likeness (QED) is 0.637. The van der Waals surface area contributed by atoms with E-state index in [1.807, 2.05) is 13.8 Å². The number of hydrogen-bond acceptors (Lipinski definition) is 7. The molecule has 2 rings (SSSR count). The van der Waals surface area contributed by atoms with Crippen LogP contribution in [-0.4, -0.2) is 34.0 Å². The fourth-order valence-electron chi connectivity index (χ4n) is 2.53. The molecule has 1 saturated carbocycles. The molecule has 0 aromatic carbocycles. The van der Waals surface area contributed by atoms with Crippen molar-refractivity contribution in [3.8, 4) is 0 Å². The van der Waals surface area contributed by atoms with Gasteiger partial charge in [0.25, 0.3) is 0 Å². The van der Waals surface area contributed by atoms with Crippen LogP contribution in [0.1, 0.15) is 38.3 Å². The molecule has 5 nitrogen and oxygen atoms in total. The number of nitrogens with zero attached hydrogens (tertiary/aromatic N) is 1. The Morgan fingerprint density at radius 1 is 1.57 bits per heavy atom. The lowest BCUT2D eigenvalue weighted by atomic mass is 9.80. The first-order chi connectivity index (χ1) is 9.93. The summed E-state index contributed by atoms with van der Waals surface area (Å²) in [5, 5.41) is 11.2. The molecule has 1 aliphatic carbocycles. The molecule has 0 aliphatic heterocycles. The van der Waals surface area contributed by atoms with Crippen LogP contribution in [0.5, 0.6) is 0 Å². The lowest BCUT2D eigenvalue weighted by Gasteiger charge is -2.34. The van der Waals surface area contributed by atoms with E-state index in [9.17, 15) is 9.90 Å². The zero-order chi connectivity index (χ0) is 15.5. The van der Waals surface area contributed by atoms with Gasteiger partial charge in [-0.1, -0.05) is 11.3 Å². The van der Waals surface area contributed by atoms with Crippen molar-refractivity contribution < 1.29 is 14.6 Å². The molecule has 3 N–H and O–H groups in total. The van der Waals surface area contributed by atoms with E-state index in [4.69, 9.17) is 10.5 Å². The van der Waals surface area contributed by atoms with Gasteiger partial charge in [-0.15, -0.1) is 11.8 Å². The maximum Gasteiger partial charge on any atom is 0.308 e. The summed E-state index contributed by atoms with van der Waals surface area (Å²) in [4.78, 5) is 15.9. The van der Waals surface area contributed by atoms with Crippen LogP contribution in [0.15, 0.2) is 4.21 Å². The van der Waals surface area contributed by atoms with E-state index in [0.29, 0.717) is 43.2 Å². The van der Waals surface area contributed by atoms with Gasteiger partial charge in [-0.3, -0.25) is 4.79 Å². The Bertz CT molecular complexity index is 496. The average Bonchev–Trinajstić information content (AvgIpc) is 2.76. The Hall–Kier alpha value is -0.790. The highest BCUT2D eigenvalue weighted by Crippen LogP contribution is 2.39. The van der Waals surface area contributed by atoms with Crippen molar-refractivity contribution >= 4 is 34.2 Å². The zero-order valence-electron chi connectivity index (χ0n) is 12.4. The Kier molecular flexibility index (Phi) is 5.51. The lowest BCUT2D eigenvalue weighted by Crippen LogP contribution is -2.38. The van der Waals surface area contributed by atoms with Crippen molar-refractivity contribution in [2.45, 2.75) is 49.3 Å². The number of ether oxygens (including phenoxy) is 1. The Labute approximate surface area is 133 Å². The van der Waals surface area contributed by atoms with Crippen molar-refractivity contribution in [2.24, 2.45) is 5.92 Å². The summed E-state index contributed by atoms with van der Waals surface area (Å²) < 4.78 is 6.11. The third kappa shape index (κ3) is 4.34. The van der Waals surface area contributed by atoms with Gasteiger partial charge in [0.05, 0.1) is 28.0 Å². The van der Waals surface area contributed by atoms with Crippen LogP contribution in [0.2, 0.25) is 0 Å². The molecule has 0 radical (unpaired) electrons. The maximum atomic E-state index is 11.7. The lowest BCUT2D eigenvalue weighted by molar-refractivity contribution is -0.150. The van der Waals surface area contributed by atoms with Crippen LogP contribution in [0.25, 0.3) is 0 Å². The molecule has 0 bridgehead atoms. The first-order valence-electron chi connectivity index (χ1n) is 7.18. The molecule has 1 heterocycles. The molecule has 7 heteroatoms. The third-order valence-electron chi connectivity index (χ3n) is 3.78. The smallest absolute Gasteiger partial charge is 0.308 e. The number of thiazole rings is 1. The zero-order valence-corrected chi connectivity index (χ0v) is 14.1. The van der Waals surface area contributed by atoms with Crippen LogP contribution in [-0.2, 0) is 9.53 Å². The first kappa shape index (κ1) is 16.6. The van der Waals surface area contributed by atoms with E-state index in [0.717, 1.165) is 9.90 Å². The minimum atomic E-state index is -0.709. The van der Waals surface area contributed by atoms with Crippen LogP contribution < -0.4 is 5.73 Å². The van der Waals surface area contributed by atoms with Gasteiger partial charge >= 0.3 is 5.97 Å². The molecule has 1 fully saturated rings. The molecular weight excluding hydrogens is 308 g/mol. The number of nitrogens with two attached hydrogens (primary N) is 1. The highest BCUT2D eigenvalue weighted by atomic mass is 32.2. The topological polar surface area (TPSA) is 85.4 Å². The van der Waals surface area contributed by atoms with Gasteiger partial charge in [-0.05, 0) is 39.5 Å². The van der Waals surface area contributed by atoms with Gasteiger partial charge in [-0.25, -0.2) is 4.98 Å². The van der Waals surface area contributed by atoms with E-state index in [1.165, 1.54) is 11.3 Å². The summed E-state index contributed by atoms with van der Waals surface area (Å²) >= 11 is 3.06. The minimum absolute atomic E-state index is 0.0592. The van der Waals surface area contributed by atoms with Crippen LogP contribution in [0.3, 0.4) is 0 Å². The number of hydrogen-bond donors (Lipinski definition) is 2. The summed E-state index contributed by atoms with van der Waals surface area (Å²) in [6, 6.07) is 0. The molecule has 0 unspecified atom stereocenters. The largest absolute Gasteiger partial charge is 0.466 e. The number of rotatable bonds is 5. The third-order valence-corrected chi connectivity index (χ3v) is 6.40. The van der Waals surface area contributed by atoms with E-state index in [1.54, 1.807) is 11.8 Å². The Balaban J connectivity index is 1.85. The Morgan fingerprint density at radius 3 is 2.76 bits per heavy atom. The van der Waals surface area contributed by atoms with Crippen molar-refractivity contribution in [3.05, 3.63) is 5.69 Å². The fraction of sp³-hybridized carbons (Fsp3) is 0.714. The van der Waals surface area contributed by atoms with E-state index < -0.39 is 5.60 Å². The molecule has 1 aliphatic rings. The minimum Gasteiger partial charge on any atom is -0.466 e. The van der Waals surface area contributed by atoms with Gasteiger partial charge in [-0.2, -0.15) is 0 Å². The highest BCUT2D eigenvalue weighted by molar-refractivity contribution is 8.01. The van der Waals surface area contributed by atoms with Gasteiger partial charge in [0.1, 0.15) is 0 Å². The summed E-state index contributed by atoms with van der Waals surface area (Å²) in [7, 11) is 0. The normalized spacial score (nSPS) is 25.8. The standard InChI is InChI=1S/C14H22N2O3S2/c1-3-19-11(17)10-4-6-14(18,7-5-10)8-20-12-9(2)16-13(15)21-12/h10,18H,3-8H2,1-2H3,(H2,15,16). The monoisotopic (exact) mass is 330 g/mol. The molecule has 21 heavy (non-hydrogen) atoms. The van der Waals surface area contributed by atoms with Crippen molar-refractivity contribution in [2.75, 3.05) is 18.1 Å². The molecule has 1 aromatic heterocycles. The number of nitrogen functional groups attached to an aromatic ring is 1. The predicted octanol–water partition coefficient (Wildman–Crippen LogP) is 2.61. The summed E-state index contributed by atoms with van der Waals surface area (Å²) in [6.07, 6.45) is 2.66. The number of aromatic nitrogens is 1. The second-order valence-electron chi connectivity index (χ2n) is 5.46. The van der Waals surface area contributed by atoms with Gasteiger partial charge < -0.3 is 15.6 Å². The molecule has 0 spiro atoms. The average molecular weight is 330 g/mol. The fourth-order valence-corrected chi connectivity index (χ4v) is 4.71. The van der Waals surface area contributed by atoms with Crippen molar-refractivity contribution in [1.82, 2.24) is 4.98 Å². The summed E-state index contributed by atoms with van der Waals surface area (Å²) in [5.74, 6) is 0.430. The van der Waals surface area contributed by atoms with Crippen molar-refractivity contribution in [3.63, 3.8) is 0 Å². The van der Waals surface area contributed by atoms with Crippen LogP contribution in [0.4, 0.5) is 5.13 Å². The molecule has 118 valence electrons. The van der Waals surface area contributed by atoms with Gasteiger partial charge in [0.15, 0.2) is 5.13 Å². The number of thioether (sulfide) groups is 1. The number of carbonyl (C=O) groups excluding carboxylic acids is 1. The van der Waals surface area contributed by atoms with Crippen molar-refractivity contribution in [1.29, 1.82) is 0 Å². The van der Waals surface area contributed by atoms with E-state index in [2.05, 4.69) is 4.98 Å². The SMILES string of the molecule is CCOC(=O)C1CCC(O)(CSc2sc(N)nc2C)CC1. The molecule has 0 atom stereocenters. The Morgan fingerprint density at radius 2 is 2.24 bits per heavy atom. The first-order valence-corrected chi connectivity index (χ1v) is 8.98. The summed E-state index contributed by atoms with van der Waals surface area (Å²) in [6.45, 7) is 4.16. The van der Waals surface area contributed by atoms with E-state index in [-0.39, 0.29) is 11.9 Å². The number of aliphatic hydroxyl groups is 1. The number of esters is 1. The van der Waals surface area contributed by atoms with Gasteiger partial charge in [0, 0.05) is 5.75 Å². The number of aryl methyl sites for hydroxylation is 1. The maximum absolute atomic E-state index is 11.7. The van der Waals surface area contributed by atoms with E-state index >= 15 is 0 Å². The number of carbonyl (C=O) groups is 1. The van der Waals surface area contributed by atoms with Crippen LogP contribution in [0, 0.1) is 12.8 Å². The molecule has 1 aromatic rings. The van der Waals surface area contributed by atoms with Gasteiger partial charge in [0.2, 0.25) is 0 Å². The highest BCUT2D eigenvalue weighted by Gasteiger charge is 2.36. The second-order valence-corrected chi connectivity index (χ2v) is 7.74. The molecular formula is C14H22N2O3S2.